The molecule has 0 fully saturated rings. The Kier molecular flexibility index (Phi) is 5.34. The van der Waals surface area contributed by atoms with Crippen molar-refractivity contribution in [3.8, 4) is 0 Å². The quantitative estimate of drug-likeness (QED) is 0.815. The fraction of sp³-hybridized carbons (Fsp3) is 0.316. The SMILES string of the molecule is CC(C)(CCc1ccccc1)NCc1cccc(C(=O)O)c1. The third-order valence-electron chi connectivity index (χ3n) is 3.83. The predicted octanol–water partition coefficient (Wildman–Crippen LogP) is 3.89. The largest absolute Gasteiger partial charge is 0.478 e. The van der Waals surface area contributed by atoms with Crippen LogP contribution in [0, 0.1) is 0 Å². The standard InChI is InChI=1S/C19H23NO2/c1-19(2,12-11-15-7-4-3-5-8-15)20-14-16-9-6-10-17(13-16)18(21)22/h3-10,13,20H,11-12,14H2,1-2H3,(H,21,22). The molecule has 116 valence electrons. The van der Waals surface area contributed by atoms with Crippen LogP contribution in [0.5, 0.6) is 0 Å². The number of carbonyl (C=O) groups is 1. The van der Waals surface area contributed by atoms with Crippen LogP contribution in [-0.4, -0.2) is 16.6 Å². The van der Waals surface area contributed by atoms with Gasteiger partial charge >= 0.3 is 5.97 Å². The van der Waals surface area contributed by atoms with E-state index in [0.29, 0.717) is 12.1 Å². The molecule has 2 N–H and O–H groups in total. The summed E-state index contributed by atoms with van der Waals surface area (Å²) in [7, 11) is 0. The number of carboxylic acid groups (broad SMARTS) is 1. The van der Waals surface area contributed by atoms with Crippen molar-refractivity contribution in [3.05, 3.63) is 71.3 Å². The van der Waals surface area contributed by atoms with Gasteiger partial charge in [0, 0.05) is 12.1 Å². The molecule has 0 saturated heterocycles. The van der Waals surface area contributed by atoms with Gasteiger partial charge in [-0.3, -0.25) is 0 Å². The number of aromatic carboxylic acids is 1. The first-order chi connectivity index (χ1) is 10.5. The zero-order valence-electron chi connectivity index (χ0n) is 13.2. The molecule has 0 radical (unpaired) electrons. The minimum Gasteiger partial charge on any atom is -0.478 e. The molecule has 0 amide bonds. The Morgan fingerprint density at radius 1 is 1.05 bits per heavy atom. The maximum Gasteiger partial charge on any atom is 0.335 e. The van der Waals surface area contributed by atoms with Crippen molar-refractivity contribution in [2.75, 3.05) is 0 Å². The summed E-state index contributed by atoms with van der Waals surface area (Å²) < 4.78 is 0. The van der Waals surface area contributed by atoms with Crippen LogP contribution < -0.4 is 5.32 Å². The van der Waals surface area contributed by atoms with Crippen molar-refractivity contribution in [3.63, 3.8) is 0 Å². The second kappa shape index (κ2) is 7.23. The van der Waals surface area contributed by atoms with Crippen LogP contribution in [0.2, 0.25) is 0 Å². The molecule has 0 saturated carbocycles. The normalized spacial score (nSPS) is 11.4. The van der Waals surface area contributed by atoms with E-state index < -0.39 is 5.97 Å². The maximum absolute atomic E-state index is 11.0. The van der Waals surface area contributed by atoms with Gasteiger partial charge in [-0.1, -0.05) is 42.5 Å². The summed E-state index contributed by atoms with van der Waals surface area (Å²) in [5.74, 6) is -0.884. The average Bonchev–Trinajstić information content (AvgIpc) is 2.53. The van der Waals surface area contributed by atoms with Gasteiger partial charge < -0.3 is 10.4 Å². The lowest BCUT2D eigenvalue weighted by Gasteiger charge is -2.26. The van der Waals surface area contributed by atoms with Crippen LogP contribution in [0.4, 0.5) is 0 Å². The Hall–Kier alpha value is -2.13. The van der Waals surface area contributed by atoms with Gasteiger partial charge in [-0.05, 0) is 49.9 Å². The van der Waals surface area contributed by atoms with Gasteiger partial charge in [-0.15, -0.1) is 0 Å². The third kappa shape index (κ3) is 5.01. The topological polar surface area (TPSA) is 49.3 Å². The van der Waals surface area contributed by atoms with E-state index in [1.807, 2.05) is 12.1 Å². The molecule has 0 unspecified atom stereocenters. The molecule has 0 aliphatic heterocycles. The molecule has 0 atom stereocenters. The van der Waals surface area contributed by atoms with Gasteiger partial charge in [0.15, 0.2) is 0 Å². The molecule has 2 rings (SSSR count). The Bertz CT molecular complexity index is 620. The van der Waals surface area contributed by atoms with Crippen molar-refractivity contribution < 1.29 is 9.90 Å². The number of aryl methyl sites for hydroxylation is 1. The molecule has 3 heteroatoms. The van der Waals surface area contributed by atoms with Crippen molar-refractivity contribution in [1.82, 2.24) is 5.32 Å². The van der Waals surface area contributed by atoms with Crippen molar-refractivity contribution >= 4 is 5.97 Å². The third-order valence-corrected chi connectivity index (χ3v) is 3.83. The minimum absolute atomic E-state index is 0.00489. The van der Waals surface area contributed by atoms with E-state index in [9.17, 15) is 4.79 Å². The second-order valence-corrected chi connectivity index (χ2v) is 6.23. The van der Waals surface area contributed by atoms with Crippen LogP contribution in [0.1, 0.15) is 41.8 Å². The van der Waals surface area contributed by atoms with Gasteiger partial charge in [-0.2, -0.15) is 0 Å². The van der Waals surface area contributed by atoms with Crippen LogP contribution >= 0.6 is 0 Å². The Labute approximate surface area is 132 Å². The molecule has 0 heterocycles. The molecule has 0 spiro atoms. The second-order valence-electron chi connectivity index (χ2n) is 6.23. The van der Waals surface area contributed by atoms with E-state index in [-0.39, 0.29) is 5.54 Å². The number of rotatable bonds is 7. The van der Waals surface area contributed by atoms with E-state index >= 15 is 0 Å². The van der Waals surface area contributed by atoms with Gasteiger partial charge in [0.2, 0.25) is 0 Å². The molecule has 0 bridgehead atoms. The first-order valence-corrected chi connectivity index (χ1v) is 7.57. The van der Waals surface area contributed by atoms with Crippen LogP contribution in [-0.2, 0) is 13.0 Å². The summed E-state index contributed by atoms with van der Waals surface area (Å²) in [6, 6.07) is 17.5. The highest BCUT2D eigenvalue weighted by Gasteiger charge is 2.16. The van der Waals surface area contributed by atoms with Crippen LogP contribution in [0.15, 0.2) is 54.6 Å². The smallest absolute Gasteiger partial charge is 0.335 e. The Morgan fingerprint density at radius 3 is 2.41 bits per heavy atom. The number of hydrogen-bond acceptors (Lipinski definition) is 2. The van der Waals surface area contributed by atoms with Gasteiger partial charge in [0.1, 0.15) is 0 Å². The number of hydrogen-bond donors (Lipinski definition) is 2. The highest BCUT2D eigenvalue weighted by Crippen LogP contribution is 2.15. The van der Waals surface area contributed by atoms with Crippen molar-refractivity contribution in [2.24, 2.45) is 0 Å². The fourth-order valence-corrected chi connectivity index (χ4v) is 2.35. The fourth-order valence-electron chi connectivity index (χ4n) is 2.35. The maximum atomic E-state index is 11.0. The monoisotopic (exact) mass is 297 g/mol. The summed E-state index contributed by atoms with van der Waals surface area (Å²) in [5, 5.41) is 12.5. The summed E-state index contributed by atoms with van der Waals surface area (Å²) in [6.07, 6.45) is 2.05. The molecule has 2 aromatic carbocycles. The van der Waals surface area contributed by atoms with Crippen molar-refractivity contribution in [1.29, 1.82) is 0 Å². The molecule has 2 aromatic rings. The zero-order chi connectivity index (χ0) is 16.0. The number of benzene rings is 2. The van der Waals surface area contributed by atoms with E-state index in [0.717, 1.165) is 18.4 Å². The molecule has 0 aliphatic rings. The zero-order valence-corrected chi connectivity index (χ0v) is 13.2. The minimum atomic E-state index is -0.884. The predicted molar refractivity (Wildman–Crippen MR) is 89.1 cm³/mol. The summed E-state index contributed by atoms with van der Waals surface area (Å²) in [6.45, 7) is 5.02. The number of nitrogens with one attached hydrogen (secondary N) is 1. The Morgan fingerprint density at radius 2 is 1.73 bits per heavy atom. The first-order valence-electron chi connectivity index (χ1n) is 7.57. The van der Waals surface area contributed by atoms with E-state index in [1.165, 1.54) is 5.56 Å². The summed E-state index contributed by atoms with van der Waals surface area (Å²) in [5.41, 5.74) is 2.66. The lowest BCUT2D eigenvalue weighted by molar-refractivity contribution is 0.0696. The Balaban J connectivity index is 1.89. The van der Waals surface area contributed by atoms with Gasteiger partial charge in [0.05, 0.1) is 5.56 Å². The molecule has 22 heavy (non-hydrogen) atoms. The van der Waals surface area contributed by atoms with Crippen LogP contribution in [0.25, 0.3) is 0 Å². The average molecular weight is 297 g/mol. The lowest BCUT2D eigenvalue weighted by atomic mass is 9.95. The summed E-state index contributed by atoms with van der Waals surface area (Å²) >= 11 is 0. The highest BCUT2D eigenvalue weighted by molar-refractivity contribution is 5.87. The van der Waals surface area contributed by atoms with Crippen molar-refractivity contribution in [2.45, 2.75) is 38.8 Å². The van der Waals surface area contributed by atoms with E-state index in [4.69, 9.17) is 5.11 Å². The molecule has 3 nitrogen and oxygen atoms in total. The van der Waals surface area contributed by atoms with Gasteiger partial charge in [0.25, 0.3) is 0 Å². The first kappa shape index (κ1) is 16.2. The molecule has 0 aromatic heterocycles. The summed E-state index contributed by atoms with van der Waals surface area (Å²) in [4.78, 5) is 11.0. The van der Waals surface area contributed by atoms with E-state index in [1.54, 1.807) is 18.2 Å². The van der Waals surface area contributed by atoms with Crippen LogP contribution in [0.3, 0.4) is 0 Å². The molecule has 0 aliphatic carbocycles. The number of carboxylic acids is 1. The highest BCUT2D eigenvalue weighted by atomic mass is 16.4. The lowest BCUT2D eigenvalue weighted by Crippen LogP contribution is -2.39. The van der Waals surface area contributed by atoms with E-state index in [2.05, 4.69) is 43.4 Å². The molecular weight excluding hydrogens is 274 g/mol. The van der Waals surface area contributed by atoms with Gasteiger partial charge in [-0.25, -0.2) is 4.79 Å². The molecular formula is C19H23NO2.